The van der Waals surface area contributed by atoms with Crippen molar-refractivity contribution < 1.29 is 0 Å². The molecule has 0 spiro atoms. The van der Waals surface area contributed by atoms with Gasteiger partial charge < -0.3 is 10.3 Å². The SMILES string of the molecule is CCCCCCCCC(N)CCc1nccn1C. The normalized spacial score (nSPS) is 12.8. The minimum atomic E-state index is 0.341. The number of imidazole rings is 1. The zero-order valence-corrected chi connectivity index (χ0v) is 12.1. The summed E-state index contributed by atoms with van der Waals surface area (Å²) in [5, 5.41) is 0. The number of nitrogens with two attached hydrogens (primary N) is 1. The van der Waals surface area contributed by atoms with Crippen molar-refractivity contribution in [1.29, 1.82) is 0 Å². The molecule has 3 nitrogen and oxygen atoms in total. The van der Waals surface area contributed by atoms with E-state index in [9.17, 15) is 0 Å². The Morgan fingerprint density at radius 1 is 1.17 bits per heavy atom. The topological polar surface area (TPSA) is 43.8 Å². The average Bonchev–Trinajstić information content (AvgIpc) is 2.77. The molecule has 0 aliphatic rings. The number of nitrogens with zero attached hydrogens (tertiary/aromatic N) is 2. The molecule has 1 rings (SSSR count). The molecule has 0 aromatic carbocycles. The summed E-state index contributed by atoms with van der Waals surface area (Å²) in [7, 11) is 2.04. The monoisotopic (exact) mass is 251 g/mol. The van der Waals surface area contributed by atoms with Crippen LogP contribution in [-0.2, 0) is 13.5 Å². The van der Waals surface area contributed by atoms with Crippen LogP contribution >= 0.6 is 0 Å². The zero-order chi connectivity index (χ0) is 13.2. The van der Waals surface area contributed by atoms with E-state index >= 15 is 0 Å². The summed E-state index contributed by atoms with van der Waals surface area (Å²) in [6.07, 6.45) is 15.2. The highest BCUT2D eigenvalue weighted by atomic mass is 15.0. The van der Waals surface area contributed by atoms with Crippen LogP contribution in [0, 0.1) is 0 Å². The van der Waals surface area contributed by atoms with Gasteiger partial charge in [0.1, 0.15) is 5.82 Å². The number of aryl methyl sites for hydroxylation is 2. The smallest absolute Gasteiger partial charge is 0.108 e. The summed E-state index contributed by atoms with van der Waals surface area (Å²) in [6, 6.07) is 0.341. The number of aromatic nitrogens is 2. The van der Waals surface area contributed by atoms with E-state index in [1.807, 2.05) is 19.4 Å². The Kier molecular flexibility index (Phi) is 7.74. The fourth-order valence-electron chi connectivity index (χ4n) is 2.28. The molecule has 0 fully saturated rings. The standard InChI is InChI=1S/C15H29N3/c1-3-4-5-6-7-8-9-14(16)10-11-15-17-12-13-18(15)2/h12-14H,3-11,16H2,1-2H3. The molecule has 3 heteroatoms. The van der Waals surface area contributed by atoms with Crippen LogP contribution in [0.5, 0.6) is 0 Å². The Labute approximate surface area is 112 Å². The first kappa shape index (κ1) is 15.2. The maximum atomic E-state index is 6.14. The molecule has 2 N–H and O–H groups in total. The zero-order valence-electron chi connectivity index (χ0n) is 12.1. The maximum absolute atomic E-state index is 6.14. The van der Waals surface area contributed by atoms with Crippen molar-refractivity contribution in [3.05, 3.63) is 18.2 Å². The number of unbranched alkanes of at least 4 members (excludes halogenated alkanes) is 5. The van der Waals surface area contributed by atoms with E-state index in [1.165, 1.54) is 38.5 Å². The highest BCUT2D eigenvalue weighted by molar-refractivity contribution is 4.91. The number of hydrogen-bond donors (Lipinski definition) is 1. The lowest BCUT2D eigenvalue weighted by atomic mass is 10.0. The van der Waals surface area contributed by atoms with E-state index < -0.39 is 0 Å². The first-order valence-electron chi connectivity index (χ1n) is 7.45. The van der Waals surface area contributed by atoms with Crippen LogP contribution in [0.15, 0.2) is 12.4 Å². The van der Waals surface area contributed by atoms with E-state index in [4.69, 9.17) is 5.73 Å². The third kappa shape index (κ3) is 6.20. The van der Waals surface area contributed by atoms with Gasteiger partial charge in [-0.2, -0.15) is 0 Å². The van der Waals surface area contributed by atoms with Crippen LogP contribution in [0.2, 0.25) is 0 Å². The van der Waals surface area contributed by atoms with Crippen LogP contribution in [-0.4, -0.2) is 15.6 Å². The molecule has 18 heavy (non-hydrogen) atoms. The maximum Gasteiger partial charge on any atom is 0.108 e. The minimum Gasteiger partial charge on any atom is -0.338 e. The average molecular weight is 251 g/mol. The van der Waals surface area contributed by atoms with Crippen molar-refractivity contribution in [3.8, 4) is 0 Å². The summed E-state index contributed by atoms with van der Waals surface area (Å²) in [6.45, 7) is 2.26. The van der Waals surface area contributed by atoms with Gasteiger partial charge in [0.25, 0.3) is 0 Å². The van der Waals surface area contributed by atoms with Crippen LogP contribution in [0.25, 0.3) is 0 Å². The summed E-state index contributed by atoms with van der Waals surface area (Å²) in [4.78, 5) is 4.33. The second kappa shape index (κ2) is 9.15. The Morgan fingerprint density at radius 3 is 2.56 bits per heavy atom. The molecule has 1 atom stereocenters. The van der Waals surface area contributed by atoms with Gasteiger partial charge in [-0.25, -0.2) is 4.98 Å². The van der Waals surface area contributed by atoms with Gasteiger partial charge in [-0.1, -0.05) is 45.4 Å². The molecule has 0 saturated heterocycles. The van der Waals surface area contributed by atoms with Crippen molar-refractivity contribution in [1.82, 2.24) is 9.55 Å². The third-order valence-electron chi connectivity index (χ3n) is 3.59. The molecule has 1 aromatic rings. The second-order valence-electron chi connectivity index (χ2n) is 5.31. The summed E-state index contributed by atoms with van der Waals surface area (Å²) >= 11 is 0. The third-order valence-corrected chi connectivity index (χ3v) is 3.59. The fraction of sp³-hybridized carbons (Fsp3) is 0.800. The second-order valence-corrected chi connectivity index (χ2v) is 5.31. The lowest BCUT2D eigenvalue weighted by Crippen LogP contribution is -2.21. The van der Waals surface area contributed by atoms with Crippen LogP contribution in [0.3, 0.4) is 0 Å². The summed E-state index contributed by atoms with van der Waals surface area (Å²) in [5.41, 5.74) is 6.14. The van der Waals surface area contributed by atoms with Gasteiger partial charge in [0.15, 0.2) is 0 Å². The Balaban J connectivity index is 2.00. The lowest BCUT2D eigenvalue weighted by Gasteiger charge is -2.11. The van der Waals surface area contributed by atoms with Crippen LogP contribution < -0.4 is 5.73 Å². The molecule has 104 valence electrons. The molecule has 0 radical (unpaired) electrons. The molecule has 0 bridgehead atoms. The largest absolute Gasteiger partial charge is 0.338 e. The highest BCUT2D eigenvalue weighted by Gasteiger charge is 2.05. The van der Waals surface area contributed by atoms with Crippen molar-refractivity contribution >= 4 is 0 Å². The molecule has 0 aliphatic carbocycles. The Morgan fingerprint density at radius 2 is 1.89 bits per heavy atom. The van der Waals surface area contributed by atoms with Gasteiger partial charge in [-0.05, 0) is 12.8 Å². The molecule has 1 aromatic heterocycles. The van der Waals surface area contributed by atoms with Gasteiger partial charge in [0.05, 0.1) is 0 Å². The quantitative estimate of drug-likeness (QED) is 0.647. The van der Waals surface area contributed by atoms with E-state index in [2.05, 4.69) is 16.5 Å². The number of rotatable bonds is 10. The van der Waals surface area contributed by atoms with Gasteiger partial charge in [-0.15, -0.1) is 0 Å². The van der Waals surface area contributed by atoms with E-state index in [1.54, 1.807) is 0 Å². The van der Waals surface area contributed by atoms with Gasteiger partial charge in [-0.3, -0.25) is 0 Å². The van der Waals surface area contributed by atoms with Crippen molar-refractivity contribution in [2.24, 2.45) is 12.8 Å². The van der Waals surface area contributed by atoms with Crippen LogP contribution in [0.4, 0.5) is 0 Å². The Bertz CT molecular complexity index is 306. The van der Waals surface area contributed by atoms with E-state index in [0.29, 0.717) is 6.04 Å². The van der Waals surface area contributed by atoms with Crippen molar-refractivity contribution in [3.63, 3.8) is 0 Å². The first-order chi connectivity index (χ1) is 8.74. The Hall–Kier alpha value is -0.830. The lowest BCUT2D eigenvalue weighted by molar-refractivity contribution is 0.506. The molecular weight excluding hydrogens is 222 g/mol. The molecular formula is C15H29N3. The summed E-state index contributed by atoms with van der Waals surface area (Å²) in [5.74, 6) is 1.15. The number of hydrogen-bond acceptors (Lipinski definition) is 2. The molecule has 0 saturated carbocycles. The molecule has 0 amide bonds. The fourth-order valence-corrected chi connectivity index (χ4v) is 2.28. The van der Waals surface area contributed by atoms with Gasteiger partial charge in [0.2, 0.25) is 0 Å². The summed E-state index contributed by atoms with van der Waals surface area (Å²) < 4.78 is 2.08. The predicted molar refractivity (Wildman–Crippen MR) is 77.5 cm³/mol. The van der Waals surface area contributed by atoms with E-state index in [0.717, 1.165) is 25.1 Å². The predicted octanol–water partition coefficient (Wildman–Crippen LogP) is 3.43. The van der Waals surface area contributed by atoms with Gasteiger partial charge in [0, 0.05) is 31.9 Å². The minimum absolute atomic E-state index is 0.341. The van der Waals surface area contributed by atoms with Crippen molar-refractivity contribution in [2.45, 2.75) is 70.8 Å². The highest BCUT2D eigenvalue weighted by Crippen LogP contribution is 2.10. The van der Waals surface area contributed by atoms with E-state index in [-0.39, 0.29) is 0 Å². The van der Waals surface area contributed by atoms with Crippen molar-refractivity contribution in [2.75, 3.05) is 0 Å². The first-order valence-corrected chi connectivity index (χ1v) is 7.45. The molecule has 1 heterocycles. The van der Waals surface area contributed by atoms with Gasteiger partial charge >= 0.3 is 0 Å². The van der Waals surface area contributed by atoms with Crippen LogP contribution in [0.1, 0.15) is 64.1 Å². The molecule has 1 unspecified atom stereocenters. The molecule has 0 aliphatic heterocycles.